The molecule has 0 aliphatic carbocycles. The van der Waals surface area contributed by atoms with Crippen LogP contribution in [0, 0.1) is 6.92 Å². The first-order valence-electron chi connectivity index (χ1n) is 6.41. The van der Waals surface area contributed by atoms with Crippen LogP contribution in [0.1, 0.15) is 24.6 Å². The molecule has 0 aliphatic heterocycles. The Balaban J connectivity index is 2.23. The molecule has 98 valence electrons. The normalized spacial score (nSPS) is 14.7. The molecule has 0 radical (unpaired) electrons. The summed E-state index contributed by atoms with van der Waals surface area (Å²) in [6.45, 7) is 3.99. The average molecular weight is 255 g/mol. The number of nitrogens with zero attached hydrogens (tertiary/aromatic N) is 2. The highest BCUT2D eigenvalue weighted by molar-refractivity contribution is 5.76. The van der Waals surface area contributed by atoms with Crippen molar-refractivity contribution < 1.29 is 4.42 Å². The second-order valence-corrected chi connectivity index (χ2v) is 4.84. The van der Waals surface area contributed by atoms with Gasteiger partial charge in [-0.2, -0.15) is 0 Å². The Kier molecular flexibility index (Phi) is 2.87. The summed E-state index contributed by atoms with van der Waals surface area (Å²) in [5.74, 6) is 1.81. The summed E-state index contributed by atoms with van der Waals surface area (Å²) in [5.41, 5.74) is 8.24. The zero-order valence-corrected chi connectivity index (χ0v) is 11.1. The first-order valence-corrected chi connectivity index (χ1v) is 6.41. The lowest BCUT2D eigenvalue weighted by Gasteiger charge is -2.22. The standard InChI is InChI=1S/C15H17N3O/c1-10(16)15(14-8-5-9-19-14)18-11(2)17-12-6-3-4-7-13(12)18/h3-10,15H,16H2,1-2H3. The maximum Gasteiger partial charge on any atom is 0.128 e. The average Bonchev–Trinajstić information content (AvgIpc) is 2.99. The zero-order valence-electron chi connectivity index (χ0n) is 11.1. The molecule has 3 aromatic rings. The number of imidazole rings is 1. The number of furan rings is 1. The predicted octanol–water partition coefficient (Wildman–Crippen LogP) is 2.87. The third-order valence-corrected chi connectivity index (χ3v) is 3.38. The summed E-state index contributed by atoms with van der Waals surface area (Å²) in [4.78, 5) is 4.59. The predicted molar refractivity (Wildman–Crippen MR) is 75.0 cm³/mol. The van der Waals surface area contributed by atoms with Gasteiger partial charge in [0.05, 0.1) is 17.3 Å². The van der Waals surface area contributed by atoms with E-state index < -0.39 is 0 Å². The maximum atomic E-state index is 6.17. The van der Waals surface area contributed by atoms with Gasteiger partial charge in [-0.3, -0.25) is 0 Å². The van der Waals surface area contributed by atoms with Crippen molar-refractivity contribution in [3.05, 3.63) is 54.2 Å². The molecule has 3 rings (SSSR count). The fraction of sp³-hybridized carbons (Fsp3) is 0.267. The number of fused-ring (bicyclic) bond motifs is 1. The molecular formula is C15H17N3O. The molecule has 0 spiro atoms. The van der Waals surface area contributed by atoms with Gasteiger partial charge in [0.2, 0.25) is 0 Å². The van der Waals surface area contributed by atoms with Crippen LogP contribution in [0.2, 0.25) is 0 Å². The fourth-order valence-electron chi connectivity index (χ4n) is 2.60. The number of nitrogens with two attached hydrogens (primary N) is 1. The number of aromatic nitrogens is 2. The molecule has 2 N–H and O–H groups in total. The van der Waals surface area contributed by atoms with Gasteiger partial charge in [0, 0.05) is 6.04 Å². The van der Waals surface area contributed by atoms with Crippen molar-refractivity contribution in [2.45, 2.75) is 25.9 Å². The summed E-state index contributed by atoms with van der Waals surface area (Å²) in [6, 6.07) is 11.8. The Morgan fingerprint density at radius 3 is 2.68 bits per heavy atom. The second kappa shape index (κ2) is 4.55. The van der Waals surface area contributed by atoms with Crippen molar-refractivity contribution in [3.63, 3.8) is 0 Å². The van der Waals surface area contributed by atoms with E-state index in [1.54, 1.807) is 6.26 Å². The Morgan fingerprint density at radius 1 is 1.21 bits per heavy atom. The molecule has 2 atom stereocenters. The number of aryl methyl sites for hydroxylation is 1. The minimum absolute atomic E-state index is 0.0394. The van der Waals surface area contributed by atoms with Crippen LogP contribution in [-0.4, -0.2) is 15.6 Å². The molecular weight excluding hydrogens is 238 g/mol. The van der Waals surface area contributed by atoms with Crippen LogP contribution in [0.5, 0.6) is 0 Å². The number of rotatable bonds is 3. The van der Waals surface area contributed by atoms with Gasteiger partial charge in [-0.25, -0.2) is 4.98 Å². The number of para-hydroxylation sites is 2. The summed E-state index contributed by atoms with van der Waals surface area (Å²) >= 11 is 0. The van der Waals surface area contributed by atoms with E-state index in [0.29, 0.717) is 0 Å². The molecule has 0 saturated carbocycles. The molecule has 4 nitrogen and oxygen atoms in total. The van der Waals surface area contributed by atoms with Crippen molar-refractivity contribution in [2.24, 2.45) is 5.73 Å². The van der Waals surface area contributed by atoms with E-state index in [0.717, 1.165) is 22.6 Å². The van der Waals surface area contributed by atoms with E-state index in [9.17, 15) is 0 Å². The van der Waals surface area contributed by atoms with Crippen LogP contribution >= 0.6 is 0 Å². The lowest BCUT2D eigenvalue weighted by atomic mass is 10.1. The van der Waals surface area contributed by atoms with Gasteiger partial charge < -0.3 is 14.7 Å². The van der Waals surface area contributed by atoms with E-state index in [-0.39, 0.29) is 12.1 Å². The molecule has 4 heteroatoms. The maximum absolute atomic E-state index is 6.17. The molecule has 0 fully saturated rings. The van der Waals surface area contributed by atoms with Crippen LogP contribution in [0.15, 0.2) is 47.1 Å². The summed E-state index contributed by atoms with van der Waals surface area (Å²) in [6.07, 6.45) is 1.68. The Morgan fingerprint density at radius 2 is 2.00 bits per heavy atom. The number of hydrogen-bond donors (Lipinski definition) is 1. The quantitative estimate of drug-likeness (QED) is 0.783. The molecule has 2 heterocycles. The largest absolute Gasteiger partial charge is 0.467 e. The van der Waals surface area contributed by atoms with E-state index >= 15 is 0 Å². The van der Waals surface area contributed by atoms with Gasteiger partial charge in [-0.15, -0.1) is 0 Å². The van der Waals surface area contributed by atoms with E-state index in [1.807, 2.05) is 44.2 Å². The van der Waals surface area contributed by atoms with Crippen LogP contribution in [0.4, 0.5) is 0 Å². The number of benzene rings is 1. The van der Waals surface area contributed by atoms with Gasteiger partial charge in [0.1, 0.15) is 17.6 Å². The molecule has 0 saturated heterocycles. The van der Waals surface area contributed by atoms with E-state index in [4.69, 9.17) is 10.2 Å². The van der Waals surface area contributed by atoms with Crippen molar-refractivity contribution in [1.82, 2.24) is 9.55 Å². The minimum atomic E-state index is -0.0672. The monoisotopic (exact) mass is 255 g/mol. The van der Waals surface area contributed by atoms with Crippen LogP contribution in [-0.2, 0) is 0 Å². The van der Waals surface area contributed by atoms with Crippen molar-refractivity contribution >= 4 is 11.0 Å². The highest BCUT2D eigenvalue weighted by atomic mass is 16.3. The second-order valence-electron chi connectivity index (χ2n) is 4.84. The SMILES string of the molecule is Cc1nc2ccccc2n1C(c1ccco1)C(C)N. The first kappa shape index (κ1) is 12.0. The van der Waals surface area contributed by atoms with Gasteiger partial charge in [-0.1, -0.05) is 12.1 Å². The lowest BCUT2D eigenvalue weighted by Crippen LogP contribution is -2.30. The zero-order chi connectivity index (χ0) is 13.4. The summed E-state index contributed by atoms with van der Waals surface area (Å²) in [7, 11) is 0. The smallest absolute Gasteiger partial charge is 0.128 e. The van der Waals surface area contributed by atoms with Crippen molar-refractivity contribution in [1.29, 1.82) is 0 Å². The van der Waals surface area contributed by atoms with Gasteiger partial charge in [-0.05, 0) is 38.1 Å². The molecule has 0 amide bonds. The van der Waals surface area contributed by atoms with Gasteiger partial charge in [0.25, 0.3) is 0 Å². The minimum Gasteiger partial charge on any atom is -0.467 e. The topological polar surface area (TPSA) is 57.0 Å². The third kappa shape index (κ3) is 1.94. The van der Waals surface area contributed by atoms with Crippen molar-refractivity contribution in [3.8, 4) is 0 Å². The van der Waals surface area contributed by atoms with Crippen LogP contribution in [0.25, 0.3) is 11.0 Å². The van der Waals surface area contributed by atoms with Crippen LogP contribution in [0.3, 0.4) is 0 Å². The lowest BCUT2D eigenvalue weighted by molar-refractivity contribution is 0.392. The molecule has 2 aromatic heterocycles. The third-order valence-electron chi connectivity index (χ3n) is 3.38. The highest BCUT2D eigenvalue weighted by Crippen LogP contribution is 2.28. The Labute approximate surface area is 111 Å². The summed E-state index contributed by atoms with van der Waals surface area (Å²) in [5, 5.41) is 0. The Bertz CT molecular complexity index is 683. The Hall–Kier alpha value is -2.07. The first-order chi connectivity index (χ1) is 9.18. The van der Waals surface area contributed by atoms with Crippen molar-refractivity contribution in [2.75, 3.05) is 0 Å². The number of hydrogen-bond acceptors (Lipinski definition) is 3. The van der Waals surface area contributed by atoms with Crippen LogP contribution < -0.4 is 5.73 Å². The van der Waals surface area contributed by atoms with Gasteiger partial charge >= 0.3 is 0 Å². The molecule has 0 aliphatic rings. The molecule has 0 bridgehead atoms. The van der Waals surface area contributed by atoms with Gasteiger partial charge in [0.15, 0.2) is 0 Å². The molecule has 1 aromatic carbocycles. The van der Waals surface area contributed by atoms with E-state index in [2.05, 4.69) is 15.6 Å². The molecule has 2 unspecified atom stereocenters. The highest BCUT2D eigenvalue weighted by Gasteiger charge is 2.24. The molecule has 19 heavy (non-hydrogen) atoms. The van der Waals surface area contributed by atoms with E-state index in [1.165, 1.54) is 0 Å². The summed E-state index contributed by atoms with van der Waals surface area (Å²) < 4.78 is 7.71. The fourth-order valence-corrected chi connectivity index (χ4v) is 2.60.